The lowest BCUT2D eigenvalue weighted by molar-refractivity contribution is -0.292. The molecule has 0 aliphatic rings. The van der Waals surface area contributed by atoms with E-state index < -0.39 is 17.9 Å². The molecule has 3 nitrogen and oxygen atoms in total. The standard InChI is InChI=1S/C11H6Br2F5N3/c1-19-8-5-2-4(12)3-6(13)7(5)20-9(21-8)10(14,15)11(16,17)18/h2-3H,1H3,(H,19,20,21). The summed E-state index contributed by atoms with van der Waals surface area (Å²) >= 11 is 6.28. The molecule has 0 aliphatic carbocycles. The fourth-order valence-corrected chi connectivity index (χ4v) is 2.93. The number of rotatable bonds is 2. The Labute approximate surface area is 132 Å². The molecular formula is C11H6Br2F5N3. The average Bonchev–Trinajstić information content (AvgIpc) is 2.36. The molecule has 0 amide bonds. The molecule has 10 heteroatoms. The van der Waals surface area contributed by atoms with Crippen molar-refractivity contribution >= 4 is 48.6 Å². The van der Waals surface area contributed by atoms with Crippen LogP contribution in [0.25, 0.3) is 10.9 Å². The second-order valence-electron chi connectivity index (χ2n) is 4.00. The van der Waals surface area contributed by atoms with E-state index >= 15 is 0 Å². The molecule has 2 aromatic rings. The molecule has 0 saturated carbocycles. The summed E-state index contributed by atoms with van der Waals surface area (Å²) in [4.78, 5) is 6.68. The van der Waals surface area contributed by atoms with Crippen molar-refractivity contribution < 1.29 is 22.0 Å². The van der Waals surface area contributed by atoms with Crippen molar-refractivity contribution in [2.45, 2.75) is 12.1 Å². The van der Waals surface area contributed by atoms with Crippen LogP contribution in [0.5, 0.6) is 0 Å². The molecule has 0 aliphatic heterocycles. The Kier molecular flexibility index (Phi) is 4.13. The zero-order chi connectivity index (χ0) is 16.0. The van der Waals surface area contributed by atoms with Crippen molar-refractivity contribution in [2.75, 3.05) is 12.4 Å². The van der Waals surface area contributed by atoms with Gasteiger partial charge in [-0.25, -0.2) is 9.97 Å². The highest BCUT2D eigenvalue weighted by Gasteiger charge is 2.61. The Morgan fingerprint density at radius 1 is 1.05 bits per heavy atom. The van der Waals surface area contributed by atoms with Crippen LogP contribution < -0.4 is 5.32 Å². The normalized spacial score (nSPS) is 12.8. The van der Waals surface area contributed by atoms with Gasteiger partial charge in [0.2, 0.25) is 5.82 Å². The van der Waals surface area contributed by atoms with Gasteiger partial charge in [0.25, 0.3) is 0 Å². The predicted molar refractivity (Wildman–Crippen MR) is 74.4 cm³/mol. The quantitative estimate of drug-likeness (QED) is 0.686. The van der Waals surface area contributed by atoms with Gasteiger partial charge < -0.3 is 5.32 Å². The second kappa shape index (κ2) is 5.31. The monoisotopic (exact) mass is 433 g/mol. The largest absolute Gasteiger partial charge is 0.461 e. The molecule has 21 heavy (non-hydrogen) atoms. The molecule has 1 aromatic carbocycles. The number of alkyl halides is 5. The number of fused-ring (bicyclic) bond motifs is 1. The van der Waals surface area contributed by atoms with Gasteiger partial charge in [0, 0.05) is 21.4 Å². The van der Waals surface area contributed by atoms with Crippen molar-refractivity contribution in [1.29, 1.82) is 0 Å². The summed E-state index contributed by atoms with van der Waals surface area (Å²) in [6, 6.07) is 3.01. The Morgan fingerprint density at radius 3 is 2.19 bits per heavy atom. The lowest BCUT2D eigenvalue weighted by Crippen LogP contribution is -2.35. The molecule has 0 bridgehead atoms. The van der Waals surface area contributed by atoms with Crippen molar-refractivity contribution in [3.63, 3.8) is 0 Å². The van der Waals surface area contributed by atoms with Gasteiger partial charge in [0.1, 0.15) is 5.82 Å². The molecule has 1 heterocycles. The number of nitrogens with one attached hydrogen (secondary N) is 1. The van der Waals surface area contributed by atoms with E-state index in [9.17, 15) is 22.0 Å². The molecule has 0 unspecified atom stereocenters. The maximum absolute atomic E-state index is 13.4. The average molecular weight is 435 g/mol. The lowest BCUT2D eigenvalue weighted by Gasteiger charge is -2.19. The van der Waals surface area contributed by atoms with Gasteiger partial charge >= 0.3 is 12.1 Å². The van der Waals surface area contributed by atoms with Crippen LogP contribution in [-0.4, -0.2) is 23.2 Å². The maximum Gasteiger partial charge on any atom is 0.461 e. The van der Waals surface area contributed by atoms with Crippen LogP contribution in [0, 0.1) is 0 Å². The number of aromatic nitrogens is 2. The predicted octanol–water partition coefficient (Wildman–Crippen LogP) is 4.85. The molecule has 0 radical (unpaired) electrons. The summed E-state index contributed by atoms with van der Waals surface area (Å²) in [5.41, 5.74) is -0.0449. The lowest BCUT2D eigenvalue weighted by atomic mass is 10.2. The Balaban J connectivity index is 2.80. The molecule has 2 rings (SSSR count). The molecule has 0 spiro atoms. The first-order valence-corrected chi connectivity index (χ1v) is 6.96. The van der Waals surface area contributed by atoms with Crippen LogP contribution in [-0.2, 0) is 5.92 Å². The van der Waals surface area contributed by atoms with E-state index in [-0.39, 0.29) is 15.8 Å². The second-order valence-corrected chi connectivity index (χ2v) is 5.77. The minimum atomic E-state index is -5.77. The molecule has 1 N–H and O–H groups in total. The van der Waals surface area contributed by atoms with Crippen LogP contribution >= 0.6 is 31.9 Å². The van der Waals surface area contributed by atoms with E-state index in [2.05, 4.69) is 47.1 Å². The van der Waals surface area contributed by atoms with Crippen molar-refractivity contribution in [3.8, 4) is 0 Å². The van der Waals surface area contributed by atoms with Gasteiger partial charge in [0.05, 0.1) is 5.52 Å². The highest BCUT2D eigenvalue weighted by Crippen LogP contribution is 2.43. The van der Waals surface area contributed by atoms with Crippen molar-refractivity contribution in [2.24, 2.45) is 0 Å². The topological polar surface area (TPSA) is 37.8 Å². The van der Waals surface area contributed by atoms with E-state index in [1.54, 1.807) is 0 Å². The van der Waals surface area contributed by atoms with Crippen LogP contribution in [0.15, 0.2) is 21.1 Å². The van der Waals surface area contributed by atoms with Gasteiger partial charge in [0.15, 0.2) is 0 Å². The van der Waals surface area contributed by atoms with Gasteiger partial charge in [-0.3, -0.25) is 0 Å². The summed E-state index contributed by atoms with van der Waals surface area (Å²) in [6.45, 7) is 0. The highest BCUT2D eigenvalue weighted by molar-refractivity contribution is 9.11. The minimum absolute atomic E-state index is 0.0449. The van der Waals surface area contributed by atoms with Crippen LogP contribution in [0.4, 0.5) is 27.8 Å². The third kappa shape index (κ3) is 2.83. The summed E-state index contributed by atoms with van der Waals surface area (Å²) < 4.78 is 65.0. The van der Waals surface area contributed by atoms with Crippen molar-refractivity contribution in [3.05, 3.63) is 26.9 Å². The Morgan fingerprint density at radius 2 is 1.67 bits per heavy atom. The molecule has 0 atom stereocenters. The molecule has 0 saturated heterocycles. The van der Waals surface area contributed by atoms with Gasteiger partial charge in [-0.1, -0.05) is 15.9 Å². The minimum Gasteiger partial charge on any atom is -0.373 e. The van der Waals surface area contributed by atoms with Gasteiger partial charge in [-0.05, 0) is 28.1 Å². The fourth-order valence-electron chi connectivity index (χ4n) is 1.61. The number of halogens is 7. The first kappa shape index (κ1) is 16.3. The number of hydrogen-bond acceptors (Lipinski definition) is 3. The van der Waals surface area contributed by atoms with Crippen LogP contribution in [0.2, 0.25) is 0 Å². The van der Waals surface area contributed by atoms with E-state index in [0.717, 1.165) is 0 Å². The van der Waals surface area contributed by atoms with E-state index in [0.29, 0.717) is 9.86 Å². The third-order valence-corrected chi connectivity index (χ3v) is 3.65. The highest BCUT2D eigenvalue weighted by atomic mass is 79.9. The number of nitrogens with zero attached hydrogens (tertiary/aromatic N) is 2. The number of benzene rings is 1. The van der Waals surface area contributed by atoms with Crippen LogP contribution in [0.1, 0.15) is 5.82 Å². The first-order chi connectivity index (χ1) is 9.57. The summed E-state index contributed by atoms with van der Waals surface area (Å²) in [5, 5.41) is 2.80. The Bertz CT molecular complexity index is 702. The van der Waals surface area contributed by atoms with Crippen LogP contribution in [0.3, 0.4) is 0 Å². The molecule has 114 valence electrons. The third-order valence-electron chi connectivity index (χ3n) is 2.59. The fraction of sp³-hybridized carbons (Fsp3) is 0.273. The summed E-state index contributed by atoms with van der Waals surface area (Å²) in [7, 11) is 1.37. The molecule has 1 aromatic heterocycles. The molecule has 0 fully saturated rings. The zero-order valence-corrected chi connectivity index (χ0v) is 13.4. The maximum atomic E-state index is 13.4. The molecular weight excluding hydrogens is 429 g/mol. The SMILES string of the molecule is CNc1nc(C(F)(F)C(F)(F)F)nc2c(Br)cc(Br)cc12. The van der Waals surface area contributed by atoms with E-state index in [1.807, 2.05) is 0 Å². The number of hydrogen-bond donors (Lipinski definition) is 1. The Hall–Kier alpha value is -1.03. The van der Waals surface area contributed by atoms with Crippen molar-refractivity contribution in [1.82, 2.24) is 9.97 Å². The number of anilines is 1. The summed E-state index contributed by atoms with van der Waals surface area (Å²) in [6.07, 6.45) is -5.77. The van der Waals surface area contributed by atoms with E-state index in [1.165, 1.54) is 19.2 Å². The first-order valence-electron chi connectivity index (χ1n) is 5.37. The smallest absolute Gasteiger partial charge is 0.373 e. The van der Waals surface area contributed by atoms with Gasteiger partial charge in [-0.2, -0.15) is 22.0 Å². The zero-order valence-electron chi connectivity index (χ0n) is 10.2. The van der Waals surface area contributed by atoms with Gasteiger partial charge in [-0.15, -0.1) is 0 Å². The van der Waals surface area contributed by atoms with E-state index in [4.69, 9.17) is 0 Å². The summed E-state index contributed by atoms with van der Waals surface area (Å²) in [5.74, 6) is -6.87.